The predicted octanol–water partition coefficient (Wildman–Crippen LogP) is 3.46. The van der Waals surface area contributed by atoms with E-state index in [9.17, 15) is 9.90 Å². The number of nitrogens with one attached hydrogen (secondary N) is 1. The first-order valence-corrected chi connectivity index (χ1v) is 7.65. The summed E-state index contributed by atoms with van der Waals surface area (Å²) in [4.78, 5) is 11.5. The van der Waals surface area contributed by atoms with Gasteiger partial charge in [-0.3, -0.25) is 4.79 Å². The Labute approximate surface area is 132 Å². The Morgan fingerprint density at radius 3 is 2.09 bits per heavy atom. The van der Waals surface area contributed by atoms with E-state index >= 15 is 0 Å². The molecule has 0 aliphatic rings. The summed E-state index contributed by atoms with van der Waals surface area (Å²) >= 11 is 0. The van der Waals surface area contributed by atoms with E-state index in [2.05, 4.69) is 24.4 Å². The van der Waals surface area contributed by atoms with Crippen LogP contribution >= 0.6 is 0 Å². The van der Waals surface area contributed by atoms with Gasteiger partial charge in [0.05, 0.1) is 0 Å². The van der Waals surface area contributed by atoms with Gasteiger partial charge in [0.25, 0.3) is 0 Å². The lowest BCUT2D eigenvalue weighted by molar-refractivity contribution is -0.139. The largest absolute Gasteiger partial charge is 0.480 e. The maximum Gasteiger partial charge on any atom is 0.321 e. The fourth-order valence-corrected chi connectivity index (χ4v) is 2.57. The standard InChI is InChI=1S/C19H23NO2/c1-14(17-11-7-4-8-12-17)15(2)20-18(19(21)22)13-16-9-5-3-6-10-16/h3-12,14-15,18,20H,13H2,1-2H3,(H,21,22)/t14?,15?,18-/m0/s1. The van der Waals surface area contributed by atoms with Crippen LogP contribution < -0.4 is 5.32 Å². The molecule has 0 radical (unpaired) electrons. The van der Waals surface area contributed by atoms with E-state index in [1.165, 1.54) is 5.56 Å². The summed E-state index contributed by atoms with van der Waals surface area (Å²) in [7, 11) is 0. The molecule has 22 heavy (non-hydrogen) atoms. The molecule has 0 aliphatic carbocycles. The number of carboxylic acid groups (broad SMARTS) is 1. The Morgan fingerprint density at radius 1 is 1.00 bits per heavy atom. The molecule has 0 heterocycles. The quantitative estimate of drug-likeness (QED) is 0.823. The van der Waals surface area contributed by atoms with E-state index in [0.717, 1.165) is 5.56 Å². The highest BCUT2D eigenvalue weighted by molar-refractivity contribution is 5.74. The highest BCUT2D eigenvalue weighted by Gasteiger charge is 2.23. The summed E-state index contributed by atoms with van der Waals surface area (Å²) in [6.45, 7) is 4.16. The minimum atomic E-state index is -0.809. The second-order valence-corrected chi connectivity index (χ2v) is 5.74. The van der Waals surface area contributed by atoms with Crippen molar-refractivity contribution < 1.29 is 9.90 Å². The topological polar surface area (TPSA) is 49.3 Å². The Balaban J connectivity index is 2.03. The number of benzene rings is 2. The van der Waals surface area contributed by atoms with Crippen LogP contribution in [0.5, 0.6) is 0 Å². The number of carbonyl (C=O) groups is 1. The van der Waals surface area contributed by atoms with E-state index in [1.807, 2.05) is 55.5 Å². The van der Waals surface area contributed by atoms with Crippen LogP contribution in [0.2, 0.25) is 0 Å². The van der Waals surface area contributed by atoms with Gasteiger partial charge in [0.1, 0.15) is 6.04 Å². The lowest BCUT2D eigenvalue weighted by atomic mass is 9.93. The van der Waals surface area contributed by atoms with Crippen LogP contribution in [-0.2, 0) is 11.2 Å². The molecule has 2 N–H and O–H groups in total. The molecule has 0 bridgehead atoms. The third kappa shape index (κ3) is 4.43. The summed E-state index contributed by atoms with van der Waals surface area (Å²) < 4.78 is 0. The maximum absolute atomic E-state index is 11.5. The van der Waals surface area contributed by atoms with E-state index in [-0.39, 0.29) is 12.0 Å². The Morgan fingerprint density at radius 2 is 1.55 bits per heavy atom. The molecular weight excluding hydrogens is 274 g/mol. The molecule has 0 aliphatic heterocycles. The average Bonchev–Trinajstić information content (AvgIpc) is 2.55. The van der Waals surface area contributed by atoms with Crippen molar-refractivity contribution >= 4 is 5.97 Å². The molecule has 2 unspecified atom stereocenters. The van der Waals surface area contributed by atoms with Gasteiger partial charge in [-0.05, 0) is 30.4 Å². The normalized spacial score (nSPS) is 15.0. The minimum absolute atomic E-state index is 0.0761. The molecule has 0 saturated heterocycles. The van der Waals surface area contributed by atoms with Gasteiger partial charge in [0.15, 0.2) is 0 Å². The lowest BCUT2D eigenvalue weighted by Gasteiger charge is -2.25. The van der Waals surface area contributed by atoms with Crippen LogP contribution in [0.25, 0.3) is 0 Å². The van der Waals surface area contributed by atoms with Crippen molar-refractivity contribution in [2.24, 2.45) is 0 Å². The zero-order valence-electron chi connectivity index (χ0n) is 13.1. The highest BCUT2D eigenvalue weighted by Crippen LogP contribution is 2.19. The summed E-state index contributed by atoms with van der Waals surface area (Å²) in [6.07, 6.45) is 0.488. The summed E-state index contributed by atoms with van der Waals surface area (Å²) in [6, 6.07) is 19.4. The van der Waals surface area contributed by atoms with Gasteiger partial charge in [0, 0.05) is 6.04 Å². The molecule has 0 aromatic heterocycles. The Bertz CT molecular complexity index is 583. The molecule has 2 rings (SSSR count). The molecule has 116 valence electrons. The fourth-order valence-electron chi connectivity index (χ4n) is 2.57. The summed E-state index contributed by atoms with van der Waals surface area (Å²) in [5.74, 6) is -0.560. The van der Waals surface area contributed by atoms with Crippen LogP contribution in [0.3, 0.4) is 0 Å². The first-order chi connectivity index (χ1) is 10.6. The van der Waals surface area contributed by atoms with Crippen molar-refractivity contribution in [3.63, 3.8) is 0 Å². The number of hydrogen-bond donors (Lipinski definition) is 2. The minimum Gasteiger partial charge on any atom is -0.480 e. The summed E-state index contributed by atoms with van der Waals surface area (Å²) in [5, 5.41) is 12.7. The third-order valence-corrected chi connectivity index (χ3v) is 4.12. The zero-order chi connectivity index (χ0) is 15.9. The Hall–Kier alpha value is -2.13. The molecule has 0 saturated carbocycles. The van der Waals surface area contributed by atoms with E-state index in [1.54, 1.807) is 0 Å². The van der Waals surface area contributed by atoms with Gasteiger partial charge in [-0.2, -0.15) is 0 Å². The molecule has 3 heteroatoms. The first kappa shape index (κ1) is 16.2. The van der Waals surface area contributed by atoms with Gasteiger partial charge in [0.2, 0.25) is 0 Å². The molecule has 3 nitrogen and oxygen atoms in total. The smallest absolute Gasteiger partial charge is 0.321 e. The van der Waals surface area contributed by atoms with Crippen LogP contribution in [0.4, 0.5) is 0 Å². The molecule has 2 aromatic rings. The maximum atomic E-state index is 11.5. The van der Waals surface area contributed by atoms with E-state index in [4.69, 9.17) is 0 Å². The first-order valence-electron chi connectivity index (χ1n) is 7.65. The molecule has 0 amide bonds. The second-order valence-electron chi connectivity index (χ2n) is 5.74. The average molecular weight is 297 g/mol. The predicted molar refractivity (Wildman–Crippen MR) is 89.0 cm³/mol. The number of carboxylic acids is 1. The van der Waals surface area contributed by atoms with Crippen molar-refractivity contribution in [1.29, 1.82) is 0 Å². The number of hydrogen-bond acceptors (Lipinski definition) is 2. The molecule has 0 fully saturated rings. The monoisotopic (exact) mass is 297 g/mol. The van der Waals surface area contributed by atoms with Crippen molar-refractivity contribution in [3.8, 4) is 0 Å². The molecule has 2 aromatic carbocycles. The van der Waals surface area contributed by atoms with E-state index in [0.29, 0.717) is 6.42 Å². The van der Waals surface area contributed by atoms with Gasteiger partial charge >= 0.3 is 5.97 Å². The lowest BCUT2D eigenvalue weighted by Crippen LogP contribution is -2.45. The van der Waals surface area contributed by atoms with Gasteiger partial charge in [-0.25, -0.2) is 0 Å². The number of rotatable bonds is 7. The molecule has 0 spiro atoms. The van der Waals surface area contributed by atoms with Crippen molar-refractivity contribution in [1.82, 2.24) is 5.32 Å². The SMILES string of the molecule is CC(N[C@@H](Cc1ccccc1)C(=O)O)C(C)c1ccccc1. The van der Waals surface area contributed by atoms with Gasteiger partial charge in [-0.1, -0.05) is 67.6 Å². The van der Waals surface area contributed by atoms with E-state index < -0.39 is 12.0 Å². The van der Waals surface area contributed by atoms with Crippen molar-refractivity contribution in [2.75, 3.05) is 0 Å². The number of aliphatic carboxylic acids is 1. The fraction of sp³-hybridized carbons (Fsp3) is 0.316. The van der Waals surface area contributed by atoms with Crippen molar-refractivity contribution in [3.05, 3.63) is 71.8 Å². The van der Waals surface area contributed by atoms with Crippen LogP contribution in [0.15, 0.2) is 60.7 Å². The highest BCUT2D eigenvalue weighted by atomic mass is 16.4. The van der Waals surface area contributed by atoms with Crippen molar-refractivity contribution in [2.45, 2.75) is 38.3 Å². The zero-order valence-corrected chi connectivity index (χ0v) is 13.1. The van der Waals surface area contributed by atoms with Crippen LogP contribution in [0.1, 0.15) is 30.9 Å². The Kier molecular flexibility index (Phi) is 5.73. The molecular formula is C19H23NO2. The second kappa shape index (κ2) is 7.76. The van der Waals surface area contributed by atoms with Gasteiger partial charge in [-0.15, -0.1) is 0 Å². The van der Waals surface area contributed by atoms with Crippen LogP contribution in [0, 0.1) is 0 Å². The molecule has 3 atom stereocenters. The van der Waals surface area contributed by atoms with Crippen LogP contribution in [-0.4, -0.2) is 23.2 Å². The summed E-state index contributed by atoms with van der Waals surface area (Å²) in [5.41, 5.74) is 2.24. The van der Waals surface area contributed by atoms with Gasteiger partial charge < -0.3 is 10.4 Å². The third-order valence-electron chi connectivity index (χ3n) is 4.12.